The second-order valence-electron chi connectivity index (χ2n) is 5.25. The third-order valence-electron chi connectivity index (χ3n) is 3.79. The zero-order chi connectivity index (χ0) is 13.8. The van der Waals surface area contributed by atoms with E-state index >= 15 is 0 Å². The van der Waals surface area contributed by atoms with Crippen molar-refractivity contribution < 1.29 is 9.63 Å². The first-order chi connectivity index (χ1) is 9.84. The summed E-state index contributed by atoms with van der Waals surface area (Å²) in [5.41, 5.74) is 2.45. The normalized spacial score (nSPS) is 15.7. The van der Waals surface area contributed by atoms with E-state index in [0.717, 1.165) is 37.7 Å². The minimum Gasteiger partial charge on any atom is -0.361 e. The molecule has 0 radical (unpaired) electrons. The van der Waals surface area contributed by atoms with Gasteiger partial charge in [0, 0.05) is 30.1 Å². The van der Waals surface area contributed by atoms with Crippen LogP contribution in [0.25, 0.3) is 10.9 Å². The predicted molar refractivity (Wildman–Crippen MR) is 78.1 cm³/mol. The molecule has 106 valence electrons. The highest BCUT2D eigenvalue weighted by Gasteiger charge is 2.17. The molecule has 4 nitrogen and oxygen atoms in total. The van der Waals surface area contributed by atoms with Gasteiger partial charge in [-0.3, -0.25) is 9.63 Å². The first-order valence-corrected chi connectivity index (χ1v) is 7.33. The van der Waals surface area contributed by atoms with Crippen molar-refractivity contribution in [3.05, 3.63) is 36.0 Å². The van der Waals surface area contributed by atoms with E-state index < -0.39 is 0 Å². The number of aromatic amines is 1. The van der Waals surface area contributed by atoms with Crippen molar-refractivity contribution in [2.45, 2.75) is 32.1 Å². The number of hydrogen-bond donors (Lipinski definition) is 1. The van der Waals surface area contributed by atoms with Crippen LogP contribution in [0.4, 0.5) is 0 Å². The molecule has 1 aliphatic heterocycles. The maximum absolute atomic E-state index is 12.0. The summed E-state index contributed by atoms with van der Waals surface area (Å²) in [4.78, 5) is 20.6. The van der Waals surface area contributed by atoms with Crippen molar-refractivity contribution in [1.82, 2.24) is 10.0 Å². The first-order valence-electron chi connectivity index (χ1n) is 7.33. The van der Waals surface area contributed by atoms with Crippen molar-refractivity contribution in [2.24, 2.45) is 0 Å². The van der Waals surface area contributed by atoms with E-state index in [9.17, 15) is 4.79 Å². The number of nitrogens with zero attached hydrogens (tertiary/aromatic N) is 1. The third-order valence-corrected chi connectivity index (χ3v) is 3.79. The van der Waals surface area contributed by atoms with Gasteiger partial charge < -0.3 is 4.98 Å². The highest BCUT2D eigenvalue weighted by molar-refractivity contribution is 5.83. The fourth-order valence-electron chi connectivity index (χ4n) is 2.69. The Balaban J connectivity index is 1.53. The Kier molecular flexibility index (Phi) is 4.02. The predicted octanol–water partition coefficient (Wildman–Crippen LogP) is 3.04. The lowest BCUT2D eigenvalue weighted by atomic mass is 10.1. The summed E-state index contributed by atoms with van der Waals surface area (Å²) in [7, 11) is 0. The van der Waals surface area contributed by atoms with Gasteiger partial charge in [-0.15, -0.1) is 0 Å². The fraction of sp³-hybridized carbons (Fsp3) is 0.438. The molecule has 2 heterocycles. The average Bonchev–Trinajstić information content (AvgIpc) is 2.92. The topological polar surface area (TPSA) is 45.3 Å². The highest BCUT2D eigenvalue weighted by atomic mass is 16.7. The van der Waals surface area contributed by atoms with Gasteiger partial charge >= 0.3 is 0 Å². The number of para-hydroxylation sites is 1. The van der Waals surface area contributed by atoms with E-state index in [0.29, 0.717) is 13.0 Å². The molecule has 1 N–H and O–H groups in total. The van der Waals surface area contributed by atoms with Crippen LogP contribution >= 0.6 is 0 Å². The molecule has 0 aliphatic carbocycles. The monoisotopic (exact) mass is 272 g/mol. The lowest BCUT2D eigenvalue weighted by Crippen LogP contribution is -2.35. The van der Waals surface area contributed by atoms with Gasteiger partial charge in [0.1, 0.15) is 0 Å². The molecule has 0 saturated carbocycles. The lowest BCUT2D eigenvalue weighted by Gasteiger charge is -2.25. The molecule has 0 spiro atoms. The van der Waals surface area contributed by atoms with Gasteiger partial charge in [0.25, 0.3) is 0 Å². The number of hydroxylamine groups is 2. The van der Waals surface area contributed by atoms with Gasteiger partial charge in [-0.1, -0.05) is 18.2 Å². The number of fused-ring (bicyclic) bond motifs is 1. The van der Waals surface area contributed by atoms with Crippen molar-refractivity contribution >= 4 is 16.8 Å². The number of hydrogen-bond acceptors (Lipinski definition) is 2. The van der Waals surface area contributed by atoms with Crippen molar-refractivity contribution in [3.8, 4) is 0 Å². The molecule has 1 aromatic heterocycles. The van der Waals surface area contributed by atoms with Crippen LogP contribution in [0, 0.1) is 0 Å². The Hall–Kier alpha value is -1.81. The van der Waals surface area contributed by atoms with Crippen LogP contribution in [0.3, 0.4) is 0 Å². The number of aryl methyl sites for hydroxylation is 1. The standard InChI is InChI=1S/C16H20N2O2/c19-16(18-10-3-4-11-20-18)9-5-6-13-12-17-15-8-2-1-7-14(13)15/h1-2,7-8,12,17H,3-6,9-11H2. The zero-order valence-electron chi connectivity index (χ0n) is 11.6. The van der Waals surface area contributed by atoms with E-state index in [4.69, 9.17) is 4.84 Å². The molecule has 0 bridgehead atoms. The molecule has 1 fully saturated rings. The van der Waals surface area contributed by atoms with Gasteiger partial charge in [0.05, 0.1) is 6.61 Å². The average molecular weight is 272 g/mol. The Morgan fingerprint density at radius 2 is 2.20 bits per heavy atom. The molecule has 1 saturated heterocycles. The van der Waals surface area contributed by atoms with E-state index in [1.54, 1.807) is 5.06 Å². The summed E-state index contributed by atoms with van der Waals surface area (Å²) in [6.07, 6.45) is 6.49. The maximum atomic E-state index is 12.0. The second-order valence-corrected chi connectivity index (χ2v) is 5.25. The van der Waals surface area contributed by atoms with Crippen molar-refractivity contribution in [1.29, 1.82) is 0 Å². The van der Waals surface area contributed by atoms with Crippen molar-refractivity contribution in [2.75, 3.05) is 13.2 Å². The quantitative estimate of drug-likeness (QED) is 0.929. The van der Waals surface area contributed by atoms with E-state index in [1.807, 2.05) is 18.3 Å². The largest absolute Gasteiger partial charge is 0.361 e. The summed E-state index contributed by atoms with van der Waals surface area (Å²) >= 11 is 0. The van der Waals surface area contributed by atoms with Crippen LogP contribution in [0.1, 0.15) is 31.2 Å². The molecule has 3 rings (SSSR count). The van der Waals surface area contributed by atoms with Crippen molar-refractivity contribution in [3.63, 3.8) is 0 Å². The molecule has 0 unspecified atom stereocenters. The number of amides is 1. The summed E-state index contributed by atoms with van der Waals surface area (Å²) in [6.45, 7) is 1.42. The van der Waals surface area contributed by atoms with E-state index in [1.165, 1.54) is 10.9 Å². The number of nitrogens with one attached hydrogen (secondary N) is 1. The number of carbonyl (C=O) groups excluding carboxylic acids is 1. The number of carbonyl (C=O) groups is 1. The van der Waals surface area contributed by atoms with Crippen LogP contribution in [0.2, 0.25) is 0 Å². The van der Waals surface area contributed by atoms with Crippen LogP contribution in [0.15, 0.2) is 30.5 Å². The molecule has 4 heteroatoms. The Labute approximate surface area is 118 Å². The fourth-order valence-corrected chi connectivity index (χ4v) is 2.69. The summed E-state index contributed by atoms with van der Waals surface area (Å²) < 4.78 is 0. The van der Waals surface area contributed by atoms with Crippen LogP contribution in [-0.4, -0.2) is 29.1 Å². The molecule has 1 amide bonds. The van der Waals surface area contributed by atoms with E-state index in [-0.39, 0.29) is 5.91 Å². The third kappa shape index (κ3) is 2.85. The molecule has 20 heavy (non-hydrogen) atoms. The number of rotatable bonds is 4. The van der Waals surface area contributed by atoms with Crippen LogP contribution in [0.5, 0.6) is 0 Å². The maximum Gasteiger partial charge on any atom is 0.246 e. The molecule has 0 atom stereocenters. The molecule has 1 aliphatic rings. The zero-order valence-corrected chi connectivity index (χ0v) is 11.6. The van der Waals surface area contributed by atoms with Crippen LogP contribution < -0.4 is 0 Å². The Morgan fingerprint density at radius 1 is 1.30 bits per heavy atom. The minimum atomic E-state index is 0.115. The lowest BCUT2D eigenvalue weighted by molar-refractivity contribution is -0.197. The molecular formula is C16H20N2O2. The van der Waals surface area contributed by atoms with E-state index in [2.05, 4.69) is 17.1 Å². The van der Waals surface area contributed by atoms with Gasteiger partial charge in [0.15, 0.2) is 0 Å². The summed E-state index contributed by atoms with van der Waals surface area (Å²) in [5.74, 6) is 0.115. The number of benzene rings is 1. The molecule has 2 aromatic rings. The van der Waals surface area contributed by atoms with Gasteiger partial charge in [-0.05, 0) is 37.3 Å². The number of aromatic nitrogens is 1. The molecule has 1 aromatic carbocycles. The Morgan fingerprint density at radius 3 is 3.05 bits per heavy atom. The highest BCUT2D eigenvalue weighted by Crippen LogP contribution is 2.19. The Bertz CT molecular complexity index is 585. The second kappa shape index (κ2) is 6.09. The van der Waals surface area contributed by atoms with Gasteiger partial charge in [0.2, 0.25) is 5.91 Å². The summed E-state index contributed by atoms with van der Waals surface area (Å²) in [6, 6.07) is 8.27. The minimum absolute atomic E-state index is 0.115. The van der Waals surface area contributed by atoms with Gasteiger partial charge in [-0.25, -0.2) is 5.06 Å². The smallest absolute Gasteiger partial charge is 0.246 e. The van der Waals surface area contributed by atoms with Gasteiger partial charge in [-0.2, -0.15) is 0 Å². The SMILES string of the molecule is O=C(CCCc1c[nH]c2ccccc12)N1CCCCO1. The molecular weight excluding hydrogens is 252 g/mol. The van der Waals surface area contributed by atoms with Crippen LogP contribution in [-0.2, 0) is 16.1 Å². The number of H-pyrrole nitrogens is 1. The first kappa shape index (κ1) is 13.2. The summed E-state index contributed by atoms with van der Waals surface area (Å²) in [5, 5.41) is 2.80.